The lowest BCUT2D eigenvalue weighted by atomic mass is 9.92. The molecule has 1 aromatic carbocycles. The molecule has 0 bridgehead atoms. The van der Waals surface area contributed by atoms with Crippen molar-refractivity contribution in [3.05, 3.63) is 36.0 Å². The van der Waals surface area contributed by atoms with Gasteiger partial charge >= 0.3 is 0 Å². The lowest BCUT2D eigenvalue weighted by molar-refractivity contribution is 0.0133. The van der Waals surface area contributed by atoms with Gasteiger partial charge in [0.1, 0.15) is 5.75 Å². The van der Waals surface area contributed by atoms with E-state index in [0.29, 0.717) is 12.6 Å². The number of aliphatic hydroxyl groups is 1. The molecule has 158 valence electrons. The summed E-state index contributed by atoms with van der Waals surface area (Å²) in [5.74, 6) is 0.903. The van der Waals surface area contributed by atoms with E-state index in [1.807, 2.05) is 13.0 Å². The highest BCUT2D eigenvalue weighted by atomic mass is 16.5. The Bertz CT molecular complexity index is 791. The van der Waals surface area contributed by atoms with Crippen molar-refractivity contribution < 1.29 is 9.84 Å². The number of nitrogens with zero attached hydrogens (tertiary/aromatic N) is 3. The molecule has 2 aliphatic rings. The second kappa shape index (κ2) is 9.88. The molecular weight excluding hydrogens is 362 g/mol. The molecule has 1 saturated heterocycles. The second-order valence-corrected chi connectivity index (χ2v) is 8.52. The van der Waals surface area contributed by atoms with Gasteiger partial charge in [-0.05, 0) is 50.5 Å². The highest BCUT2D eigenvalue weighted by Crippen LogP contribution is 2.27. The summed E-state index contributed by atoms with van der Waals surface area (Å²) in [7, 11) is 0. The maximum absolute atomic E-state index is 9.62. The third kappa shape index (κ3) is 5.08. The molecule has 1 atom stereocenters. The quantitative estimate of drug-likeness (QED) is 0.769. The lowest BCUT2D eigenvalue weighted by Gasteiger charge is -2.46. The maximum atomic E-state index is 9.62. The minimum Gasteiger partial charge on any atom is -0.494 e. The number of benzene rings is 1. The fourth-order valence-corrected chi connectivity index (χ4v) is 5.10. The van der Waals surface area contributed by atoms with Gasteiger partial charge in [0.05, 0.1) is 17.8 Å². The molecule has 2 heterocycles. The SMILES string of the molecule is CCOc1ccc2nc(CN3CCN(C4CCCCC4)C(CCO)C3)ccc2c1. The van der Waals surface area contributed by atoms with Crippen LogP contribution in [0.15, 0.2) is 30.3 Å². The van der Waals surface area contributed by atoms with Crippen molar-refractivity contribution in [3.8, 4) is 5.75 Å². The molecule has 1 N–H and O–H groups in total. The molecule has 0 amide bonds. The van der Waals surface area contributed by atoms with Crippen molar-refractivity contribution in [1.29, 1.82) is 0 Å². The van der Waals surface area contributed by atoms with Crippen LogP contribution >= 0.6 is 0 Å². The van der Waals surface area contributed by atoms with Gasteiger partial charge in [0.15, 0.2) is 0 Å². The van der Waals surface area contributed by atoms with Gasteiger partial charge in [-0.3, -0.25) is 14.8 Å². The van der Waals surface area contributed by atoms with E-state index in [1.165, 1.54) is 32.1 Å². The van der Waals surface area contributed by atoms with Crippen LogP contribution in [-0.4, -0.2) is 64.8 Å². The summed E-state index contributed by atoms with van der Waals surface area (Å²) >= 11 is 0. The van der Waals surface area contributed by atoms with E-state index in [1.54, 1.807) is 0 Å². The number of pyridine rings is 1. The summed E-state index contributed by atoms with van der Waals surface area (Å²) in [6.45, 7) is 7.06. The zero-order chi connectivity index (χ0) is 20.1. The number of aliphatic hydroxyl groups excluding tert-OH is 1. The van der Waals surface area contributed by atoms with E-state index in [2.05, 4.69) is 34.1 Å². The number of hydrogen-bond acceptors (Lipinski definition) is 5. The molecule has 1 saturated carbocycles. The van der Waals surface area contributed by atoms with Crippen LogP contribution in [-0.2, 0) is 6.54 Å². The van der Waals surface area contributed by atoms with E-state index in [0.717, 1.165) is 61.0 Å². The Labute approximate surface area is 174 Å². The van der Waals surface area contributed by atoms with Crippen LogP contribution in [0.5, 0.6) is 5.75 Å². The van der Waals surface area contributed by atoms with Crippen molar-refractivity contribution in [1.82, 2.24) is 14.8 Å². The van der Waals surface area contributed by atoms with E-state index in [-0.39, 0.29) is 6.61 Å². The molecule has 1 aromatic heterocycles. The largest absolute Gasteiger partial charge is 0.494 e. The van der Waals surface area contributed by atoms with Crippen LogP contribution in [0.3, 0.4) is 0 Å². The van der Waals surface area contributed by atoms with E-state index >= 15 is 0 Å². The predicted octanol–water partition coefficient (Wildman–Crippen LogP) is 3.83. The predicted molar refractivity (Wildman–Crippen MR) is 117 cm³/mol. The first-order valence-electron chi connectivity index (χ1n) is 11.4. The van der Waals surface area contributed by atoms with Gasteiger partial charge in [-0.1, -0.05) is 25.3 Å². The number of hydrogen-bond donors (Lipinski definition) is 1. The van der Waals surface area contributed by atoms with E-state index < -0.39 is 0 Å². The molecular formula is C24H35N3O2. The molecule has 1 aliphatic heterocycles. The third-order valence-electron chi connectivity index (χ3n) is 6.53. The topological polar surface area (TPSA) is 48.8 Å². The molecule has 2 fully saturated rings. The van der Waals surface area contributed by atoms with Crippen molar-refractivity contribution >= 4 is 10.9 Å². The van der Waals surface area contributed by atoms with Crippen LogP contribution in [0, 0.1) is 0 Å². The molecule has 0 radical (unpaired) electrons. The average molecular weight is 398 g/mol. The fraction of sp³-hybridized carbons (Fsp3) is 0.625. The first-order valence-corrected chi connectivity index (χ1v) is 11.4. The van der Waals surface area contributed by atoms with Gasteiger partial charge in [-0.25, -0.2) is 0 Å². The van der Waals surface area contributed by atoms with Gasteiger partial charge < -0.3 is 9.84 Å². The van der Waals surface area contributed by atoms with Crippen molar-refractivity contribution in [3.63, 3.8) is 0 Å². The Balaban J connectivity index is 1.41. The second-order valence-electron chi connectivity index (χ2n) is 8.52. The number of piperazine rings is 1. The Morgan fingerprint density at radius 1 is 1.10 bits per heavy atom. The summed E-state index contributed by atoms with van der Waals surface area (Å²) < 4.78 is 5.60. The number of rotatable bonds is 7. The highest BCUT2D eigenvalue weighted by molar-refractivity contribution is 5.80. The standard InChI is InChI=1S/C24H35N3O2/c1-2-29-23-10-11-24-19(16-23)8-9-20(25-24)17-26-13-14-27(22(18-26)12-15-28)21-6-4-3-5-7-21/h8-11,16,21-22,28H,2-7,12-15,17-18H2,1H3. The number of aromatic nitrogens is 1. The zero-order valence-electron chi connectivity index (χ0n) is 17.7. The first kappa shape index (κ1) is 20.6. The monoisotopic (exact) mass is 397 g/mol. The smallest absolute Gasteiger partial charge is 0.120 e. The molecule has 5 nitrogen and oxygen atoms in total. The maximum Gasteiger partial charge on any atom is 0.120 e. The Hall–Kier alpha value is -1.69. The van der Waals surface area contributed by atoms with Gasteiger partial charge in [0.25, 0.3) is 0 Å². The Morgan fingerprint density at radius 2 is 1.97 bits per heavy atom. The van der Waals surface area contributed by atoms with Crippen LogP contribution in [0.25, 0.3) is 10.9 Å². The fourth-order valence-electron chi connectivity index (χ4n) is 5.10. The molecule has 2 aromatic rings. The average Bonchev–Trinajstić information content (AvgIpc) is 2.75. The van der Waals surface area contributed by atoms with Crippen molar-refractivity contribution in [2.75, 3.05) is 32.8 Å². The van der Waals surface area contributed by atoms with Crippen molar-refractivity contribution in [2.45, 2.75) is 64.1 Å². The van der Waals surface area contributed by atoms with Gasteiger partial charge in [-0.15, -0.1) is 0 Å². The van der Waals surface area contributed by atoms with Crippen LogP contribution in [0.1, 0.15) is 51.1 Å². The molecule has 1 aliphatic carbocycles. The van der Waals surface area contributed by atoms with Crippen LogP contribution in [0.4, 0.5) is 0 Å². The van der Waals surface area contributed by atoms with Crippen LogP contribution in [0.2, 0.25) is 0 Å². The van der Waals surface area contributed by atoms with Gasteiger partial charge in [0, 0.05) is 50.3 Å². The van der Waals surface area contributed by atoms with Crippen LogP contribution < -0.4 is 4.74 Å². The first-order chi connectivity index (χ1) is 14.3. The Kier molecular flexibility index (Phi) is 7.01. The lowest BCUT2D eigenvalue weighted by Crippen LogP contribution is -2.56. The number of ether oxygens (including phenoxy) is 1. The summed E-state index contributed by atoms with van der Waals surface area (Å²) in [4.78, 5) is 10.1. The molecule has 4 rings (SSSR count). The van der Waals surface area contributed by atoms with Gasteiger partial charge in [-0.2, -0.15) is 0 Å². The molecule has 0 spiro atoms. The minimum absolute atomic E-state index is 0.276. The minimum atomic E-state index is 0.276. The summed E-state index contributed by atoms with van der Waals surface area (Å²) in [5.41, 5.74) is 2.15. The van der Waals surface area contributed by atoms with Gasteiger partial charge in [0.2, 0.25) is 0 Å². The Morgan fingerprint density at radius 3 is 2.76 bits per heavy atom. The zero-order valence-corrected chi connectivity index (χ0v) is 17.7. The van der Waals surface area contributed by atoms with Crippen molar-refractivity contribution in [2.24, 2.45) is 0 Å². The third-order valence-corrected chi connectivity index (χ3v) is 6.53. The molecule has 1 unspecified atom stereocenters. The summed E-state index contributed by atoms with van der Waals surface area (Å²) in [6, 6.07) is 11.6. The van der Waals surface area contributed by atoms with E-state index in [9.17, 15) is 5.11 Å². The summed E-state index contributed by atoms with van der Waals surface area (Å²) in [6.07, 6.45) is 7.65. The normalized spacial score (nSPS) is 22.2. The van der Waals surface area contributed by atoms with E-state index in [4.69, 9.17) is 9.72 Å². The molecule has 29 heavy (non-hydrogen) atoms. The molecule has 5 heteroatoms. The highest BCUT2D eigenvalue weighted by Gasteiger charge is 2.32. The number of fused-ring (bicyclic) bond motifs is 1. The summed E-state index contributed by atoms with van der Waals surface area (Å²) in [5, 5.41) is 10.7.